The van der Waals surface area contributed by atoms with Gasteiger partial charge in [-0.1, -0.05) is 6.08 Å². The molecule has 0 spiro atoms. The number of aromatic nitrogens is 1. The molecule has 0 aliphatic heterocycles. The molecule has 0 fully saturated rings. The third kappa shape index (κ3) is 2.75. The van der Waals surface area contributed by atoms with Gasteiger partial charge in [0.05, 0.1) is 5.57 Å². The fourth-order valence-corrected chi connectivity index (χ4v) is 1.55. The topological polar surface area (TPSA) is 34.0 Å². The van der Waals surface area contributed by atoms with E-state index in [0.717, 1.165) is 13.0 Å². The Labute approximate surface area is 94.8 Å². The monoisotopic (exact) mass is 214 g/mol. The van der Waals surface area contributed by atoms with E-state index in [1.165, 1.54) is 0 Å². The summed E-state index contributed by atoms with van der Waals surface area (Å²) < 4.78 is 2.10. The van der Waals surface area contributed by atoms with Crippen molar-refractivity contribution < 1.29 is 4.79 Å². The first-order valence-corrected chi connectivity index (χ1v) is 5.38. The maximum atomic E-state index is 11.5. The molecule has 0 unspecified atom stereocenters. The number of amides is 1. The second-order valence-electron chi connectivity index (χ2n) is 3.61. The van der Waals surface area contributed by atoms with E-state index in [9.17, 15) is 4.79 Å². The largest absolute Gasteiger partial charge is 0.354 e. The highest BCUT2D eigenvalue weighted by Gasteiger charge is 2.05. The van der Waals surface area contributed by atoms with Crippen LogP contribution in [0.4, 0.5) is 0 Å². The molecule has 0 saturated heterocycles. The van der Waals surface area contributed by atoms with E-state index in [1.807, 2.05) is 30.6 Å². The van der Waals surface area contributed by atoms with Gasteiger partial charge in [-0.2, -0.15) is 0 Å². The molecule has 1 aliphatic rings. The number of nitrogens with one attached hydrogen (secondary N) is 1. The Morgan fingerprint density at radius 2 is 2.19 bits per heavy atom. The van der Waals surface area contributed by atoms with E-state index in [1.54, 1.807) is 12.2 Å². The van der Waals surface area contributed by atoms with Crippen molar-refractivity contribution in [2.45, 2.75) is 13.0 Å². The van der Waals surface area contributed by atoms with Crippen LogP contribution in [-0.4, -0.2) is 17.0 Å². The van der Waals surface area contributed by atoms with Crippen LogP contribution in [0, 0.1) is 0 Å². The van der Waals surface area contributed by atoms with Crippen molar-refractivity contribution in [3.63, 3.8) is 0 Å². The van der Waals surface area contributed by atoms with Crippen LogP contribution in [0.1, 0.15) is 6.42 Å². The first-order valence-electron chi connectivity index (χ1n) is 5.38. The SMILES string of the molecule is O=C(NCCCn1cccc1)C1=C=CC=C1. The molecule has 3 heteroatoms. The van der Waals surface area contributed by atoms with Gasteiger partial charge in [-0.15, -0.1) is 5.73 Å². The number of hydrogen-bond acceptors (Lipinski definition) is 1. The molecule has 1 N–H and O–H groups in total. The maximum Gasteiger partial charge on any atom is 0.259 e. The zero-order valence-corrected chi connectivity index (χ0v) is 9.02. The standard InChI is InChI=1S/C13H14N2O/c16-13(12-6-1-2-7-12)14-8-5-11-15-9-3-4-10-15/h1-4,6,9-10H,5,8,11H2,(H,14,16). The van der Waals surface area contributed by atoms with Crippen molar-refractivity contribution in [3.05, 3.63) is 54.1 Å². The molecule has 0 bridgehead atoms. The molecule has 3 nitrogen and oxygen atoms in total. The Bertz CT molecular complexity index is 448. The van der Waals surface area contributed by atoms with Crippen LogP contribution in [0.25, 0.3) is 0 Å². The van der Waals surface area contributed by atoms with Gasteiger partial charge in [0.15, 0.2) is 0 Å². The summed E-state index contributed by atoms with van der Waals surface area (Å²) in [6.07, 6.45) is 10.3. The Morgan fingerprint density at radius 3 is 2.88 bits per heavy atom. The van der Waals surface area contributed by atoms with Gasteiger partial charge in [0.1, 0.15) is 0 Å². The Balaban J connectivity index is 1.67. The van der Waals surface area contributed by atoms with Gasteiger partial charge in [0.2, 0.25) is 0 Å². The highest BCUT2D eigenvalue weighted by atomic mass is 16.1. The maximum absolute atomic E-state index is 11.5. The molecule has 1 amide bonds. The number of hydrogen-bond donors (Lipinski definition) is 1. The summed E-state index contributed by atoms with van der Waals surface area (Å²) in [5.41, 5.74) is 3.49. The molecule has 1 heterocycles. The number of aryl methyl sites for hydroxylation is 1. The summed E-state index contributed by atoms with van der Waals surface area (Å²) in [6.45, 7) is 1.62. The summed E-state index contributed by atoms with van der Waals surface area (Å²) in [6, 6.07) is 4.00. The Hall–Kier alpha value is -1.99. The smallest absolute Gasteiger partial charge is 0.259 e. The van der Waals surface area contributed by atoms with Crippen molar-refractivity contribution in [1.29, 1.82) is 0 Å². The van der Waals surface area contributed by atoms with Gasteiger partial charge in [-0.3, -0.25) is 4.79 Å². The highest BCUT2D eigenvalue weighted by Crippen LogP contribution is 2.01. The molecule has 0 radical (unpaired) electrons. The van der Waals surface area contributed by atoms with E-state index in [4.69, 9.17) is 0 Å². The quantitative estimate of drug-likeness (QED) is 0.587. The lowest BCUT2D eigenvalue weighted by molar-refractivity contribution is -0.117. The van der Waals surface area contributed by atoms with Crippen LogP contribution < -0.4 is 5.32 Å². The number of nitrogens with zero attached hydrogens (tertiary/aromatic N) is 1. The molecule has 0 saturated carbocycles. The normalized spacial score (nSPS) is 12.9. The first-order chi connectivity index (χ1) is 7.86. The summed E-state index contributed by atoms with van der Waals surface area (Å²) in [4.78, 5) is 11.5. The summed E-state index contributed by atoms with van der Waals surface area (Å²) in [5.74, 6) is -0.0440. The van der Waals surface area contributed by atoms with Gasteiger partial charge in [0.25, 0.3) is 5.91 Å². The van der Waals surface area contributed by atoms with Gasteiger partial charge in [-0.05, 0) is 30.7 Å². The Kier molecular flexibility index (Phi) is 3.42. The van der Waals surface area contributed by atoms with Gasteiger partial charge >= 0.3 is 0 Å². The van der Waals surface area contributed by atoms with Crippen molar-refractivity contribution in [3.8, 4) is 0 Å². The summed E-state index contributed by atoms with van der Waals surface area (Å²) in [5, 5.41) is 2.86. The minimum absolute atomic E-state index is 0.0440. The minimum atomic E-state index is -0.0440. The fraction of sp³-hybridized carbons (Fsp3) is 0.231. The van der Waals surface area contributed by atoms with E-state index < -0.39 is 0 Å². The molecule has 1 aliphatic carbocycles. The molecule has 82 valence electrons. The van der Waals surface area contributed by atoms with E-state index >= 15 is 0 Å². The molecule has 1 aromatic heterocycles. The van der Waals surface area contributed by atoms with E-state index in [2.05, 4.69) is 15.6 Å². The third-order valence-electron chi connectivity index (χ3n) is 2.39. The van der Waals surface area contributed by atoms with Crippen LogP contribution in [0.5, 0.6) is 0 Å². The second kappa shape index (κ2) is 5.19. The zero-order chi connectivity index (χ0) is 11.2. The van der Waals surface area contributed by atoms with Gasteiger partial charge < -0.3 is 9.88 Å². The van der Waals surface area contributed by atoms with Gasteiger partial charge in [0, 0.05) is 25.5 Å². The third-order valence-corrected chi connectivity index (χ3v) is 2.39. The average molecular weight is 214 g/mol. The van der Waals surface area contributed by atoms with Crippen LogP contribution in [-0.2, 0) is 11.3 Å². The lowest BCUT2D eigenvalue weighted by atomic mass is 10.3. The van der Waals surface area contributed by atoms with Crippen LogP contribution >= 0.6 is 0 Å². The molecule has 2 rings (SSSR count). The zero-order valence-electron chi connectivity index (χ0n) is 9.02. The van der Waals surface area contributed by atoms with Crippen LogP contribution in [0.3, 0.4) is 0 Å². The lowest BCUT2D eigenvalue weighted by Gasteiger charge is -2.05. The highest BCUT2D eigenvalue weighted by molar-refractivity contribution is 5.96. The van der Waals surface area contributed by atoms with Gasteiger partial charge in [-0.25, -0.2) is 0 Å². The number of carbonyl (C=O) groups excluding carboxylic acids is 1. The van der Waals surface area contributed by atoms with Crippen molar-refractivity contribution in [1.82, 2.24) is 9.88 Å². The minimum Gasteiger partial charge on any atom is -0.354 e. The first kappa shape index (κ1) is 10.5. The van der Waals surface area contributed by atoms with Crippen LogP contribution in [0.2, 0.25) is 0 Å². The fourth-order valence-electron chi connectivity index (χ4n) is 1.55. The number of allylic oxidation sites excluding steroid dienone is 1. The molecule has 1 aromatic rings. The molecule has 0 atom stereocenters. The second-order valence-corrected chi connectivity index (χ2v) is 3.61. The Morgan fingerprint density at radius 1 is 1.38 bits per heavy atom. The predicted octanol–water partition coefficient (Wildman–Crippen LogP) is 1.65. The predicted molar refractivity (Wildman–Crippen MR) is 62.8 cm³/mol. The van der Waals surface area contributed by atoms with Crippen LogP contribution in [0.15, 0.2) is 54.1 Å². The molecule has 0 aromatic carbocycles. The number of rotatable bonds is 5. The average Bonchev–Trinajstić information content (AvgIpc) is 2.96. The summed E-state index contributed by atoms with van der Waals surface area (Å²) >= 11 is 0. The lowest BCUT2D eigenvalue weighted by Crippen LogP contribution is -2.25. The van der Waals surface area contributed by atoms with Crippen molar-refractivity contribution in [2.24, 2.45) is 0 Å². The van der Waals surface area contributed by atoms with E-state index in [0.29, 0.717) is 12.1 Å². The molecule has 16 heavy (non-hydrogen) atoms. The molecular weight excluding hydrogens is 200 g/mol. The van der Waals surface area contributed by atoms with Crippen molar-refractivity contribution in [2.75, 3.05) is 6.54 Å². The number of carbonyl (C=O) groups is 1. The molecular formula is C13H14N2O. The summed E-state index contributed by atoms with van der Waals surface area (Å²) in [7, 11) is 0. The van der Waals surface area contributed by atoms with Crippen molar-refractivity contribution >= 4 is 5.91 Å². The van der Waals surface area contributed by atoms with E-state index in [-0.39, 0.29) is 5.91 Å².